The van der Waals surface area contributed by atoms with Crippen LogP contribution >= 0.6 is 11.8 Å². The van der Waals surface area contributed by atoms with Gasteiger partial charge in [0.1, 0.15) is 5.50 Å². The molecule has 4 nitrogen and oxygen atoms in total. The van der Waals surface area contributed by atoms with Crippen molar-refractivity contribution in [1.82, 2.24) is 15.6 Å². The van der Waals surface area contributed by atoms with E-state index in [1.54, 1.807) is 18.0 Å². The van der Waals surface area contributed by atoms with Crippen LogP contribution in [0.15, 0.2) is 24.5 Å². The van der Waals surface area contributed by atoms with Gasteiger partial charge in [0, 0.05) is 30.6 Å². The first-order valence-corrected chi connectivity index (χ1v) is 6.88. The van der Waals surface area contributed by atoms with Crippen molar-refractivity contribution >= 4 is 17.7 Å². The molecule has 2 atom stereocenters. The van der Waals surface area contributed by atoms with E-state index >= 15 is 0 Å². The lowest BCUT2D eigenvalue weighted by molar-refractivity contribution is -0.123. The van der Waals surface area contributed by atoms with Crippen LogP contribution < -0.4 is 10.6 Å². The average Bonchev–Trinajstić information content (AvgIpc) is 2.37. The number of nitrogens with one attached hydrogen (secondary N) is 2. The molecule has 1 aliphatic heterocycles. The van der Waals surface area contributed by atoms with Gasteiger partial charge in [0.15, 0.2) is 0 Å². The summed E-state index contributed by atoms with van der Waals surface area (Å²) in [5.41, 5.74) is 1.19. The highest BCUT2D eigenvalue weighted by atomic mass is 32.2. The third kappa shape index (κ3) is 3.71. The third-order valence-electron chi connectivity index (χ3n) is 2.74. The second kappa shape index (κ2) is 6.02. The molecule has 5 heteroatoms. The first kappa shape index (κ1) is 12.4. The maximum atomic E-state index is 11.5. The van der Waals surface area contributed by atoms with E-state index in [1.807, 2.05) is 18.3 Å². The SMILES string of the molecule is CCC1CC(=O)NC(SCc2cccnc2)N1. The summed E-state index contributed by atoms with van der Waals surface area (Å²) in [4.78, 5) is 15.6. The van der Waals surface area contributed by atoms with Crippen LogP contribution in [0.1, 0.15) is 25.3 Å². The molecule has 0 saturated carbocycles. The highest BCUT2D eigenvalue weighted by Gasteiger charge is 2.24. The van der Waals surface area contributed by atoms with Gasteiger partial charge < -0.3 is 5.32 Å². The summed E-state index contributed by atoms with van der Waals surface area (Å²) in [5.74, 6) is 0.988. The van der Waals surface area contributed by atoms with Gasteiger partial charge in [-0.1, -0.05) is 13.0 Å². The Morgan fingerprint density at radius 1 is 1.59 bits per heavy atom. The van der Waals surface area contributed by atoms with Crippen molar-refractivity contribution in [3.63, 3.8) is 0 Å². The Morgan fingerprint density at radius 2 is 2.47 bits per heavy atom. The molecule has 0 aliphatic carbocycles. The van der Waals surface area contributed by atoms with Crippen molar-refractivity contribution in [2.75, 3.05) is 0 Å². The number of hydrogen-bond acceptors (Lipinski definition) is 4. The van der Waals surface area contributed by atoms with Crippen LogP contribution in [0.4, 0.5) is 0 Å². The zero-order valence-corrected chi connectivity index (χ0v) is 10.7. The second-order valence-electron chi connectivity index (χ2n) is 4.10. The number of nitrogens with zero attached hydrogens (tertiary/aromatic N) is 1. The monoisotopic (exact) mass is 251 g/mol. The lowest BCUT2D eigenvalue weighted by atomic mass is 10.1. The molecular weight excluding hydrogens is 234 g/mol. The number of pyridine rings is 1. The number of carbonyl (C=O) groups is 1. The molecule has 1 saturated heterocycles. The standard InChI is InChI=1S/C12H17N3OS/c1-2-10-6-11(16)15-12(14-10)17-8-9-4-3-5-13-7-9/h3-5,7,10,12,14H,2,6,8H2,1H3,(H,15,16). The molecule has 1 aliphatic rings. The van der Waals surface area contributed by atoms with Crippen LogP contribution in [0, 0.1) is 0 Å². The minimum absolute atomic E-state index is 0.0152. The largest absolute Gasteiger partial charge is 0.332 e. The fourth-order valence-electron chi connectivity index (χ4n) is 1.76. The van der Waals surface area contributed by atoms with Gasteiger partial charge in [-0.2, -0.15) is 0 Å². The molecule has 0 bridgehead atoms. The number of thioether (sulfide) groups is 1. The van der Waals surface area contributed by atoms with Crippen molar-refractivity contribution in [2.24, 2.45) is 0 Å². The lowest BCUT2D eigenvalue weighted by Gasteiger charge is -2.30. The van der Waals surface area contributed by atoms with Crippen molar-refractivity contribution in [2.45, 2.75) is 37.1 Å². The number of rotatable bonds is 4. The van der Waals surface area contributed by atoms with E-state index in [2.05, 4.69) is 22.5 Å². The molecule has 1 aromatic heterocycles. The first-order valence-electron chi connectivity index (χ1n) is 5.84. The Kier molecular flexibility index (Phi) is 4.39. The molecule has 92 valence electrons. The maximum absolute atomic E-state index is 11.5. The Balaban J connectivity index is 1.84. The van der Waals surface area contributed by atoms with E-state index in [4.69, 9.17) is 0 Å². The number of hydrogen-bond donors (Lipinski definition) is 2. The van der Waals surface area contributed by atoms with Gasteiger partial charge in [-0.25, -0.2) is 0 Å². The van der Waals surface area contributed by atoms with Crippen LogP contribution in [0.5, 0.6) is 0 Å². The minimum atomic E-state index is 0.0152. The summed E-state index contributed by atoms with van der Waals surface area (Å²) >= 11 is 1.69. The van der Waals surface area contributed by atoms with E-state index in [1.165, 1.54) is 5.56 Å². The van der Waals surface area contributed by atoms with Crippen molar-refractivity contribution < 1.29 is 4.79 Å². The van der Waals surface area contributed by atoms with Crippen molar-refractivity contribution in [1.29, 1.82) is 0 Å². The lowest BCUT2D eigenvalue weighted by Crippen LogP contribution is -2.54. The van der Waals surface area contributed by atoms with Crippen LogP contribution in [0.3, 0.4) is 0 Å². The molecule has 2 unspecified atom stereocenters. The zero-order chi connectivity index (χ0) is 12.1. The summed E-state index contributed by atoms with van der Waals surface area (Å²) in [6.07, 6.45) is 5.19. The average molecular weight is 251 g/mol. The van der Waals surface area contributed by atoms with Crippen LogP contribution in [0.25, 0.3) is 0 Å². The summed E-state index contributed by atoms with van der Waals surface area (Å²) in [6.45, 7) is 2.10. The Morgan fingerprint density at radius 3 is 3.18 bits per heavy atom. The molecule has 0 spiro atoms. The molecule has 2 rings (SSSR count). The predicted molar refractivity (Wildman–Crippen MR) is 69.3 cm³/mol. The van der Waals surface area contributed by atoms with E-state index in [0.717, 1.165) is 12.2 Å². The third-order valence-corrected chi connectivity index (χ3v) is 3.83. The molecule has 1 fully saturated rings. The van der Waals surface area contributed by atoms with Gasteiger partial charge in [-0.3, -0.25) is 15.1 Å². The molecule has 0 aromatic carbocycles. The fourth-order valence-corrected chi connectivity index (χ4v) is 2.79. The second-order valence-corrected chi connectivity index (χ2v) is 5.19. The van der Waals surface area contributed by atoms with Crippen LogP contribution in [-0.2, 0) is 10.5 Å². The summed E-state index contributed by atoms with van der Waals surface area (Å²) in [5, 5.41) is 6.36. The van der Waals surface area contributed by atoms with E-state index in [0.29, 0.717) is 12.5 Å². The predicted octanol–water partition coefficient (Wildman–Crippen LogP) is 1.49. The van der Waals surface area contributed by atoms with E-state index < -0.39 is 0 Å². The minimum Gasteiger partial charge on any atom is -0.332 e. The number of amides is 1. The Bertz CT molecular complexity index is 371. The molecule has 0 radical (unpaired) electrons. The summed E-state index contributed by atoms with van der Waals surface area (Å²) in [6, 6.07) is 4.27. The van der Waals surface area contributed by atoms with Crippen LogP contribution in [0.2, 0.25) is 0 Å². The quantitative estimate of drug-likeness (QED) is 0.851. The molecule has 2 heterocycles. The highest BCUT2D eigenvalue weighted by molar-refractivity contribution is 7.99. The number of carbonyl (C=O) groups excluding carboxylic acids is 1. The van der Waals surface area contributed by atoms with E-state index in [-0.39, 0.29) is 11.4 Å². The van der Waals surface area contributed by atoms with Crippen LogP contribution in [-0.4, -0.2) is 22.4 Å². The Hall–Kier alpha value is -1.07. The van der Waals surface area contributed by atoms with Gasteiger partial charge in [-0.15, -0.1) is 11.8 Å². The Labute approximate surface area is 106 Å². The molecule has 17 heavy (non-hydrogen) atoms. The normalized spacial score (nSPS) is 24.4. The molecular formula is C12H17N3OS. The first-order chi connectivity index (χ1) is 8.28. The highest BCUT2D eigenvalue weighted by Crippen LogP contribution is 2.18. The van der Waals surface area contributed by atoms with Crippen molar-refractivity contribution in [3.05, 3.63) is 30.1 Å². The van der Waals surface area contributed by atoms with Gasteiger partial charge in [-0.05, 0) is 18.1 Å². The fraction of sp³-hybridized carbons (Fsp3) is 0.500. The van der Waals surface area contributed by atoms with Gasteiger partial charge in [0.25, 0.3) is 0 Å². The number of aromatic nitrogens is 1. The summed E-state index contributed by atoms with van der Waals surface area (Å²) < 4.78 is 0. The maximum Gasteiger partial charge on any atom is 0.223 e. The van der Waals surface area contributed by atoms with Gasteiger partial charge in [0.2, 0.25) is 5.91 Å². The van der Waals surface area contributed by atoms with Gasteiger partial charge >= 0.3 is 0 Å². The zero-order valence-electron chi connectivity index (χ0n) is 9.85. The van der Waals surface area contributed by atoms with E-state index in [9.17, 15) is 4.79 Å². The molecule has 1 aromatic rings. The molecule has 2 N–H and O–H groups in total. The smallest absolute Gasteiger partial charge is 0.223 e. The molecule has 1 amide bonds. The van der Waals surface area contributed by atoms with Crippen molar-refractivity contribution in [3.8, 4) is 0 Å². The summed E-state index contributed by atoms with van der Waals surface area (Å²) in [7, 11) is 0. The topological polar surface area (TPSA) is 54.0 Å². The van der Waals surface area contributed by atoms with Gasteiger partial charge in [0.05, 0.1) is 0 Å².